The van der Waals surface area contributed by atoms with Crippen LogP contribution in [0.25, 0.3) is 0 Å². The van der Waals surface area contributed by atoms with Crippen molar-refractivity contribution < 1.29 is 14.3 Å². The highest BCUT2D eigenvalue weighted by atomic mass is 16.6. The molecule has 20 heavy (non-hydrogen) atoms. The summed E-state index contributed by atoms with van der Waals surface area (Å²) < 4.78 is 5.03. The molecule has 1 aliphatic rings. The molecule has 0 aliphatic carbocycles. The number of imide groups is 1. The number of carbonyl (C=O) groups is 2. The summed E-state index contributed by atoms with van der Waals surface area (Å²) in [5, 5.41) is 3.75. The molecule has 3 N–H and O–H groups in total. The molecule has 0 atom stereocenters. The first-order valence-corrected chi connectivity index (χ1v) is 6.68. The molecule has 0 saturated carbocycles. The van der Waals surface area contributed by atoms with Gasteiger partial charge in [0.05, 0.1) is 0 Å². The quantitative estimate of drug-likeness (QED) is 0.489. The van der Waals surface area contributed by atoms with Crippen molar-refractivity contribution in [2.24, 2.45) is 11.8 Å². The van der Waals surface area contributed by atoms with Gasteiger partial charge in [-0.25, -0.2) is 10.6 Å². The Kier molecular flexibility index (Phi) is 5.09. The molecule has 1 aromatic carbocycles. The van der Waals surface area contributed by atoms with Crippen molar-refractivity contribution in [3.05, 3.63) is 35.9 Å². The number of nitrogens with zero attached hydrogens (tertiary/aromatic N) is 1. The van der Waals surface area contributed by atoms with Crippen molar-refractivity contribution in [2.45, 2.75) is 19.4 Å². The molecule has 1 saturated heterocycles. The summed E-state index contributed by atoms with van der Waals surface area (Å²) in [5.41, 5.74) is 0.851. The summed E-state index contributed by atoms with van der Waals surface area (Å²) in [6.07, 6.45) is 0.578. The fourth-order valence-corrected chi connectivity index (χ4v) is 2.14. The molecule has 1 fully saturated rings. The fourth-order valence-electron chi connectivity index (χ4n) is 2.14. The molecular formula is C14H19N3O3. The third kappa shape index (κ3) is 3.79. The molecule has 2 rings (SSSR count). The summed E-state index contributed by atoms with van der Waals surface area (Å²) in [5.74, 6) is 4.97. The van der Waals surface area contributed by atoms with E-state index < -0.39 is 6.09 Å². The number of rotatable bonds is 3. The Morgan fingerprint density at radius 1 is 1.25 bits per heavy atom. The van der Waals surface area contributed by atoms with E-state index in [9.17, 15) is 9.59 Å². The van der Waals surface area contributed by atoms with Crippen LogP contribution < -0.4 is 11.2 Å². The van der Waals surface area contributed by atoms with Crippen molar-refractivity contribution in [3.8, 4) is 0 Å². The van der Waals surface area contributed by atoms with Gasteiger partial charge in [0.25, 0.3) is 0 Å². The van der Waals surface area contributed by atoms with E-state index in [0.29, 0.717) is 17.9 Å². The summed E-state index contributed by atoms with van der Waals surface area (Å²) in [4.78, 5) is 23.8. The predicted octanol–water partition coefficient (Wildman–Crippen LogP) is 1.03. The topological polar surface area (TPSA) is 84.7 Å². The van der Waals surface area contributed by atoms with Crippen molar-refractivity contribution in [1.82, 2.24) is 10.3 Å². The van der Waals surface area contributed by atoms with Crippen LogP contribution in [0, 0.1) is 5.92 Å². The van der Waals surface area contributed by atoms with Crippen LogP contribution in [0.5, 0.6) is 0 Å². The molecule has 1 aliphatic heterocycles. The molecule has 1 aromatic rings. The van der Waals surface area contributed by atoms with Gasteiger partial charge in [-0.3, -0.25) is 4.79 Å². The zero-order valence-corrected chi connectivity index (χ0v) is 11.2. The van der Waals surface area contributed by atoms with Gasteiger partial charge in [-0.2, -0.15) is 5.01 Å². The second kappa shape index (κ2) is 7.02. The van der Waals surface area contributed by atoms with Crippen LogP contribution >= 0.6 is 0 Å². The lowest BCUT2D eigenvalue weighted by molar-refractivity contribution is -0.134. The number of nitrogens with one attached hydrogen (secondary N) is 1. The highest BCUT2D eigenvalue weighted by Gasteiger charge is 2.28. The molecule has 6 nitrogen and oxygen atoms in total. The number of carbonyl (C=O) groups excluding carboxylic acids is 2. The van der Waals surface area contributed by atoms with Crippen LogP contribution in [-0.2, 0) is 16.1 Å². The van der Waals surface area contributed by atoms with Crippen molar-refractivity contribution >= 4 is 12.0 Å². The lowest BCUT2D eigenvalue weighted by Crippen LogP contribution is -2.48. The monoisotopic (exact) mass is 277 g/mol. The number of piperidine rings is 1. The molecule has 2 amide bonds. The molecule has 0 bridgehead atoms. The summed E-state index contributed by atoms with van der Waals surface area (Å²) in [6, 6.07) is 9.25. The zero-order chi connectivity index (χ0) is 14.4. The lowest BCUT2D eigenvalue weighted by Gasteiger charge is -2.24. The van der Waals surface area contributed by atoms with Gasteiger partial charge in [0.1, 0.15) is 6.61 Å². The summed E-state index contributed by atoms with van der Waals surface area (Å²) >= 11 is 0. The van der Waals surface area contributed by atoms with Crippen molar-refractivity contribution in [2.75, 3.05) is 13.1 Å². The fraction of sp³-hybridized carbons (Fsp3) is 0.429. The van der Waals surface area contributed by atoms with Gasteiger partial charge in [-0.1, -0.05) is 30.3 Å². The van der Waals surface area contributed by atoms with Crippen molar-refractivity contribution in [3.63, 3.8) is 0 Å². The maximum absolute atomic E-state index is 12.0. The Morgan fingerprint density at radius 3 is 2.55 bits per heavy atom. The van der Waals surface area contributed by atoms with E-state index in [0.717, 1.165) is 18.7 Å². The summed E-state index contributed by atoms with van der Waals surface area (Å²) in [7, 11) is 0. The molecule has 0 unspecified atom stereocenters. The van der Waals surface area contributed by atoms with Gasteiger partial charge in [-0.05, 0) is 31.5 Å². The van der Waals surface area contributed by atoms with Gasteiger partial charge in [0, 0.05) is 5.92 Å². The number of hydrogen-bond acceptors (Lipinski definition) is 5. The molecule has 0 radical (unpaired) electrons. The van der Waals surface area contributed by atoms with E-state index in [2.05, 4.69) is 5.32 Å². The standard InChI is InChI=1S/C14H19N3O3/c15-17(13(18)12-6-8-16-9-7-12)14(19)20-10-11-4-2-1-3-5-11/h1-5,12,16H,6-10,15H2. The van der Waals surface area contributed by atoms with E-state index in [4.69, 9.17) is 10.6 Å². The first kappa shape index (κ1) is 14.5. The van der Waals surface area contributed by atoms with Crippen LogP contribution in [0.3, 0.4) is 0 Å². The van der Waals surface area contributed by atoms with Gasteiger partial charge in [-0.15, -0.1) is 0 Å². The second-order valence-electron chi connectivity index (χ2n) is 4.77. The maximum Gasteiger partial charge on any atom is 0.431 e. The first-order valence-electron chi connectivity index (χ1n) is 6.68. The van der Waals surface area contributed by atoms with Gasteiger partial charge < -0.3 is 10.1 Å². The Labute approximate surface area is 117 Å². The zero-order valence-electron chi connectivity index (χ0n) is 11.2. The molecule has 1 heterocycles. The number of nitrogens with two attached hydrogens (primary N) is 1. The van der Waals surface area contributed by atoms with Crippen LogP contribution in [0.15, 0.2) is 30.3 Å². The van der Waals surface area contributed by atoms with Gasteiger partial charge in [0.15, 0.2) is 0 Å². The minimum Gasteiger partial charge on any atom is -0.443 e. The Morgan fingerprint density at radius 2 is 1.90 bits per heavy atom. The van der Waals surface area contributed by atoms with E-state index in [-0.39, 0.29) is 18.4 Å². The average molecular weight is 277 g/mol. The minimum absolute atomic E-state index is 0.104. The Balaban J connectivity index is 1.83. The number of benzene rings is 1. The molecule has 0 aromatic heterocycles. The molecule has 6 heteroatoms. The van der Waals surface area contributed by atoms with E-state index in [1.54, 1.807) is 0 Å². The SMILES string of the molecule is NN(C(=O)OCc1ccccc1)C(=O)C1CCNCC1. The highest BCUT2D eigenvalue weighted by Crippen LogP contribution is 2.14. The van der Waals surface area contributed by atoms with Crippen LogP contribution in [0.1, 0.15) is 18.4 Å². The largest absolute Gasteiger partial charge is 0.443 e. The normalized spacial score (nSPS) is 15.7. The van der Waals surface area contributed by atoms with Crippen LogP contribution in [0.4, 0.5) is 4.79 Å². The smallest absolute Gasteiger partial charge is 0.431 e. The van der Waals surface area contributed by atoms with E-state index >= 15 is 0 Å². The van der Waals surface area contributed by atoms with Gasteiger partial charge >= 0.3 is 6.09 Å². The first-order chi connectivity index (χ1) is 9.68. The number of ether oxygens (including phenoxy) is 1. The highest BCUT2D eigenvalue weighted by molar-refractivity contribution is 5.92. The van der Waals surface area contributed by atoms with Crippen molar-refractivity contribution in [1.29, 1.82) is 0 Å². The number of amides is 2. The Hall–Kier alpha value is -1.92. The molecular weight excluding hydrogens is 258 g/mol. The van der Waals surface area contributed by atoms with Crippen LogP contribution in [-0.4, -0.2) is 30.1 Å². The van der Waals surface area contributed by atoms with E-state index in [1.807, 2.05) is 30.3 Å². The minimum atomic E-state index is -0.808. The second-order valence-corrected chi connectivity index (χ2v) is 4.77. The lowest BCUT2D eigenvalue weighted by atomic mass is 9.97. The Bertz CT molecular complexity index is 458. The maximum atomic E-state index is 12.0. The predicted molar refractivity (Wildman–Crippen MR) is 73.3 cm³/mol. The molecule has 0 spiro atoms. The number of hydrazine groups is 1. The van der Waals surface area contributed by atoms with Gasteiger partial charge in [0.2, 0.25) is 5.91 Å². The summed E-state index contributed by atoms with van der Waals surface area (Å²) in [6.45, 7) is 1.64. The van der Waals surface area contributed by atoms with Crippen LogP contribution in [0.2, 0.25) is 0 Å². The molecule has 108 valence electrons. The third-order valence-corrected chi connectivity index (χ3v) is 3.33. The number of hydrogen-bond donors (Lipinski definition) is 2. The average Bonchev–Trinajstić information content (AvgIpc) is 2.53. The van der Waals surface area contributed by atoms with E-state index in [1.165, 1.54) is 0 Å². The third-order valence-electron chi connectivity index (χ3n) is 3.33.